The average Bonchev–Trinajstić information content (AvgIpc) is 2.24. The lowest BCUT2D eigenvalue weighted by molar-refractivity contribution is 0.0494. The average molecular weight is 222 g/mol. The molecular formula is C12H18N2O2. The van der Waals surface area contributed by atoms with Crippen molar-refractivity contribution in [2.45, 2.75) is 26.7 Å². The number of nitrogen functional groups attached to an aromatic ring is 1. The van der Waals surface area contributed by atoms with E-state index in [2.05, 4.69) is 18.8 Å². The van der Waals surface area contributed by atoms with E-state index in [0.29, 0.717) is 23.8 Å². The number of pyridine rings is 1. The molecular weight excluding hydrogens is 204 g/mol. The topological polar surface area (TPSA) is 65.2 Å². The van der Waals surface area contributed by atoms with E-state index in [-0.39, 0.29) is 5.97 Å². The first-order chi connectivity index (χ1) is 7.59. The van der Waals surface area contributed by atoms with Crippen LogP contribution in [0.2, 0.25) is 0 Å². The molecule has 88 valence electrons. The van der Waals surface area contributed by atoms with Crippen LogP contribution in [-0.2, 0) is 4.74 Å². The quantitative estimate of drug-likeness (QED) is 0.613. The number of hydrogen-bond donors (Lipinski definition) is 1. The lowest BCUT2D eigenvalue weighted by Gasteiger charge is -2.06. The van der Waals surface area contributed by atoms with Crippen LogP contribution in [-0.4, -0.2) is 17.6 Å². The Labute approximate surface area is 95.8 Å². The van der Waals surface area contributed by atoms with Gasteiger partial charge in [0.2, 0.25) is 0 Å². The molecule has 0 saturated heterocycles. The van der Waals surface area contributed by atoms with E-state index in [1.807, 2.05) is 0 Å². The molecule has 0 radical (unpaired) electrons. The van der Waals surface area contributed by atoms with Gasteiger partial charge < -0.3 is 10.5 Å². The molecule has 2 N–H and O–H groups in total. The minimum absolute atomic E-state index is 0.358. The summed E-state index contributed by atoms with van der Waals surface area (Å²) in [5.74, 6) is 0.274. The SMILES string of the molecule is CC(C)CCCOC(=O)c1cncc(N)c1. The van der Waals surface area contributed by atoms with Crippen LogP contribution in [0.4, 0.5) is 5.69 Å². The molecule has 1 rings (SSSR count). The maximum atomic E-state index is 11.5. The molecule has 1 aromatic heterocycles. The molecule has 4 nitrogen and oxygen atoms in total. The molecule has 0 amide bonds. The van der Waals surface area contributed by atoms with Crippen LogP contribution >= 0.6 is 0 Å². The van der Waals surface area contributed by atoms with Gasteiger partial charge in [0.05, 0.1) is 17.9 Å². The summed E-state index contributed by atoms with van der Waals surface area (Å²) < 4.78 is 5.10. The number of ether oxygens (including phenoxy) is 1. The van der Waals surface area contributed by atoms with Gasteiger partial charge in [-0.05, 0) is 24.8 Å². The number of nitrogens with zero attached hydrogens (tertiary/aromatic N) is 1. The minimum Gasteiger partial charge on any atom is -0.462 e. The number of hydrogen-bond acceptors (Lipinski definition) is 4. The number of rotatable bonds is 5. The van der Waals surface area contributed by atoms with Crippen molar-refractivity contribution in [1.82, 2.24) is 4.98 Å². The maximum absolute atomic E-state index is 11.5. The van der Waals surface area contributed by atoms with E-state index in [4.69, 9.17) is 10.5 Å². The lowest BCUT2D eigenvalue weighted by Crippen LogP contribution is -2.08. The normalized spacial score (nSPS) is 10.4. The van der Waals surface area contributed by atoms with E-state index in [9.17, 15) is 4.79 Å². The van der Waals surface area contributed by atoms with Gasteiger partial charge >= 0.3 is 5.97 Å². The summed E-state index contributed by atoms with van der Waals surface area (Å²) >= 11 is 0. The van der Waals surface area contributed by atoms with Crippen LogP contribution in [0, 0.1) is 5.92 Å². The molecule has 16 heavy (non-hydrogen) atoms. The van der Waals surface area contributed by atoms with Crippen LogP contribution < -0.4 is 5.73 Å². The molecule has 0 spiro atoms. The molecule has 0 saturated carbocycles. The predicted octanol–water partition coefficient (Wildman–Crippen LogP) is 2.26. The second-order valence-electron chi connectivity index (χ2n) is 4.18. The molecule has 0 bridgehead atoms. The van der Waals surface area contributed by atoms with Gasteiger partial charge in [0.15, 0.2) is 0 Å². The fraction of sp³-hybridized carbons (Fsp3) is 0.500. The number of anilines is 1. The van der Waals surface area contributed by atoms with Gasteiger partial charge in [0, 0.05) is 12.4 Å². The van der Waals surface area contributed by atoms with Crippen molar-refractivity contribution in [3.63, 3.8) is 0 Å². The zero-order valence-electron chi connectivity index (χ0n) is 9.77. The van der Waals surface area contributed by atoms with Crippen molar-refractivity contribution >= 4 is 11.7 Å². The standard InChI is InChI=1S/C12H18N2O2/c1-9(2)4-3-5-16-12(15)10-6-11(13)8-14-7-10/h6-9H,3-5,13H2,1-2H3. The summed E-state index contributed by atoms with van der Waals surface area (Å²) in [4.78, 5) is 15.4. The highest BCUT2D eigenvalue weighted by Crippen LogP contribution is 2.07. The summed E-state index contributed by atoms with van der Waals surface area (Å²) in [7, 11) is 0. The van der Waals surface area contributed by atoms with Crippen LogP contribution in [0.5, 0.6) is 0 Å². The highest BCUT2D eigenvalue weighted by molar-refractivity contribution is 5.89. The summed E-state index contributed by atoms with van der Waals surface area (Å²) in [6.45, 7) is 4.74. The lowest BCUT2D eigenvalue weighted by atomic mass is 10.1. The van der Waals surface area contributed by atoms with Crippen LogP contribution in [0.15, 0.2) is 18.5 Å². The van der Waals surface area contributed by atoms with Crippen LogP contribution in [0.25, 0.3) is 0 Å². The summed E-state index contributed by atoms with van der Waals surface area (Å²) in [5, 5.41) is 0. The van der Waals surface area contributed by atoms with Gasteiger partial charge in [-0.15, -0.1) is 0 Å². The Morgan fingerprint density at radius 2 is 2.25 bits per heavy atom. The maximum Gasteiger partial charge on any atom is 0.339 e. The Hall–Kier alpha value is -1.58. The van der Waals surface area contributed by atoms with Gasteiger partial charge in [0.25, 0.3) is 0 Å². The first-order valence-electron chi connectivity index (χ1n) is 5.47. The predicted molar refractivity (Wildman–Crippen MR) is 63.0 cm³/mol. The van der Waals surface area contributed by atoms with Gasteiger partial charge in [-0.2, -0.15) is 0 Å². The number of aromatic nitrogens is 1. The number of nitrogens with two attached hydrogens (primary N) is 1. The van der Waals surface area contributed by atoms with Gasteiger partial charge in [-0.1, -0.05) is 13.8 Å². The molecule has 1 aromatic rings. The first kappa shape index (κ1) is 12.5. The van der Waals surface area contributed by atoms with Gasteiger partial charge in [-0.3, -0.25) is 4.98 Å². The van der Waals surface area contributed by atoms with Crippen molar-refractivity contribution in [3.8, 4) is 0 Å². The smallest absolute Gasteiger partial charge is 0.339 e. The molecule has 0 aliphatic rings. The third-order valence-corrected chi connectivity index (χ3v) is 2.15. The molecule has 0 atom stereocenters. The second-order valence-corrected chi connectivity index (χ2v) is 4.18. The Morgan fingerprint density at radius 3 is 2.88 bits per heavy atom. The van der Waals surface area contributed by atoms with E-state index in [1.54, 1.807) is 6.07 Å². The molecule has 0 aliphatic carbocycles. The zero-order valence-corrected chi connectivity index (χ0v) is 9.77. The minimum atomic E-state index is -0.358. The third kappa shape index (κ3) is 4.29. The van der Waals surface area contributed by atoms with Crippen molar-refractivity contribution in [1.29, 1.82) is 0 Å². The fourth-order valence-corrected chi connectivity index (χ4v) is 1.31. The Bertz CT molecular complexity index is 351. The van der Waals surface area contributed by atoms with E-state index < -0.39 is 0 Å². The molecule has 1 heterocycles. The third-order valence-electron chi connectivity index (χ3n) is 2.15. The molecule has 4 heteroatoms. The summed E-state index contributed by atoms with van der Waals surface area (Å²) in [5.41, 5.74) is 6.40. The van der Waals surface area contributed by atoms with Crippen LogP contribution in [0.3, 0.4) is 0 Å². The van der Waals surface area contributed by atoms with Gasteiger partial charge in [-0.25, -0.2) is 4.79 Å². The van der Waals surface area contributed by atoms with E-state index in [1.165, 1.54) is 12.4 Å². The number of esters is 1. The molecule has 0 aliphatic heterocycles. The zero-order chi connectivity index (χ0) is 12.0. The van der Waals surface area contributed by atoms with Gasteiger partial charge in [0.1, 0.15) is 0 Å². The Morgan fingerprint density at radius 1 is 1.50 bits per heavy atom. The highest BCUT2D eigenvalue weighted by Gasteiger charge is 2.07. The number of carbonyl (C=O) groups excluding carboxylic acids is 1. The van der Waals surface area contributed by atoms with Crippen LogP contribution in [0.1, 0.15) is 37.0 Å². The van der Waals surface area contributed by atoms with Crippen molar-refractivity contribution in [2.75, 3.05) is 12.3 Å². The second kappa shape index (κ2) is 6.10. The first-order valence-corrected chi connectivity index (χ1v) is 5.47. The van der Waals surface area contributed by atoms with Crippen molar-refractivity contribution < 1.29 is 9.53 Å². The molecule has 0 unspecified atom stereocenters. The Balaban J connectivity index is 2.35. The summed E-state index contributed by atoms with van der Waals surface area (Å²) in [6, 6.07) is 1.57. The molecule has 0 fully saturated rings. The largest absolute Gasteiger partial charge is 0.462 e. The Kier molecular flexibility index (Phi) is 4.76. The highest BCUT2D eigenvalue weighted by atomic mass is 16.5. The summed E-state index contributed by atoms with van der Waals surface area (Å²) in [6.07, 6.45) is 4.90. The van der Waals surface area contributed by atoms with Crippen molar-refractivity contribution in [3.05, 3.63) is 24.0 Å². The van der Waals surface area contributed by atoms with E-state index >= 15 is 0 Å². The number of carbonyl (C=O) groups is 1. The monoisotopic (exact) mass is 222 g/mol. The fourth-order valence-electron chi connectivity index (χ4n) is 1.31. The van der Waals surface area contributed by atoms with E-state index in [0.717, 1.165) is 12.8 Å². The molecule has 0 aromatic carbocycles. The van der Waals surface area contributed by atoms with Crippen molar-refractivity contribution in [2.24, 2.45) is 5.92 Å².